The fourth-order valence-corrected chi connectivity index (χ4v) is 3.59. The summed E-state index contributed by atoms with van der Waals surface area (Å²) in [6.45, 7) is 6.67. The number of thioether (sulfide) groups is 1. The van der Waals surface area contributed by atoms with Crippen molar-refractivity contribution in [3.05, 3.63) is 35.6 Å². The molecular formula is C16H25FIN3S. The van der Waals surface area contributed by atoms with E-state index >= 15 is 0 Å². The van der Waals surface area contributed by atoms with Gasteiger partial charge in [0, 0.05) is 17.8 Å². The molecule has 1 aromatic rings. The summed E-state index contributed by atoms with van der Waals surface area (Å²) in [7, 11) is 0. The van der Waals surface area contributed by atoms with Gasteiger partial charge in [-0.05, 0) is 50.1 Å². The molecule has 1 aliphatic rings. The first-order valence-corrected chi connectivity index (χ1v) is 8.50. The average Bonchev–Trinajstić information content (AvgIpc) is 2.91. The Kier molecular flexibility index (Phi) is 8.53. The Morgan fingerprint density at radius 2 is 2.05 bits per heavy atom. The minimum absolute atomic E-state index is 0. The summed E-state index contributed by atoms with van der Waals surface area (Å²) >= 11 is 2.03. The van der Waals surface area contributed by atoms with E-state index in [1.54, 1.807) is 12.1 Å². The first kappa shape index (κ1) is 19.5. The molecule has 0 aliphatic carbocycles. The zero-order chi connectivity index (χ0) is 15.1. The van der Waals surface area contributed by atoms with Crippen molar-refractivity contribution in [3.8, 4) is 0 Å². The molecule has 1 heterocycles. The largest absolute Gasteiger partial charge is 0.357 e. The Labute approximate surface area is 154 Å². The number of aliphatic imine (C=N–C) groups is 1. The van der Waals surface area contributed by atoms with Gasteiger partial charge < -0.3 is 10.6 Å². The van der Waals surface area contributed by atoms with Crippen LogP contribution in [0.25, 0.3) is 0 Å². The summed E-state index contributed by atoms with van der Waals surface area (Å²) in [5.41, 5.74) is 1.01. The summed E-state index contributed by atoms with van der Waals surface area (Å²) in [5.74, 6) is 1.87. The quantitative estimate of drug-likeness (QED) is 0.418. The number of rotatable bonds is 5. The number of hydrogen-bond donors (Lipinski definition) is 2. The van der Waals surface area contributed by atoms with Crippen LogP contribution in [0, 0.1) is 5.82 Å². The Balaban J connectivity index is 0.00000242. The first-order chi connectivity index (χ1) is 10.1. The topological polar surface area (TPSA) is 36.4 Å². The smallest absolute Gasteiger partial charge is 0.191 e. The van der Waals surface area contributed by atoms with E-state index in [0.29, 0.717) is 11.3 Å². The van der Waals surface area contributed by atoms with Crippen molar-refractivity contribution in [3.63, 3.8) is 0 Å². The van der Waals surface area contributed by atoms with Gasteiger partial charge in [-0.3, -0.25) is 0 Å². The monoisotopic (exact) mass is 437 g/mol. The van der Waals surface area contributed by atoms with Gasteiger partial charge in [0.05, 0.1) is 6.54 Å². The van der Waals surface area contributed by atoms with Crippen molar-refractivity contribution in [2.45, 2.75) is 38.0 Å². The van der Waals surface area contributed by atoms with Crippen molar-refractivity contribution in [2.75, 3.05) is 18.8 Å². The van der Waals surface area contributed by atoms with E-state index in [4.69, 9.17) is 0 Å². The number of hydrogen-bond acceptors (Lipinski definition) is 2. The lowest BCUT2D eigenvalue weighted by Gasteiger charge is -2.24. The molecule has 1 aromatic carbocycles. The van der Waals surface area contributed by atoms with Gasteiger partial charge in [-0.25, -0.2) is 9.38 Å². The molecule has 1 saturated heterocycles. The maximum atomic E-state index is 12.9. The molecule has 124 valence electrons. The Bertz CT molecular complexity index is 473. The molecular weight excluding hydrogens is 412 g/mol. The fourth-order valence-electron chi connectivity index (χ4n) is 2.35. The maximum absolute atomic E-state index is 12.9. The average molecular weight is 437 g/mol. The third-order valence-electron chi connectivity index (χ3n) is 3.61. The van der Waals surface area contributed by atoms with Crippen molar-refractivity contribution >= 4 is 41.7 Å². The second-order valence-electron chi connectivity index (χ2n) is 5.58. The predicted octanol–water partition coefficient (Wildman–Crippen LogP) is 3.78. The normalized spacial score (nSPS) is 21.3. The van der Waals surface area contributed by atoms with Crippen LogP contribution in [0.5, 0.6) is 0 Å². The maximum Gasteiger partial charge on any atom is 0.191 e. The molecule has 1 atom stereocenters. The second kappa shape index (κ2) is 9.60. The van der Waals surface area contributed by atoms with E-state index in [1.165, 1.54) is 30.7 Å². The van der Waals surface area contributed by atoms with Gasteiger partial charge in [-0.15, -0.1) is 24.0 Å². The zero-order valence-corrected chi connectivity index (χ0v) is 16.3. The molecule has 0 radical (unpaired) electrons. The van der Waals surface area contributed by atoms with Crippen LogP contribution in [0.3, 0.4) is 0 Å². The van der Waals surface area contributed by atoms with Crippen LogP contribution in [0.4, 0.5) is 4.39 Å². The number of benzene rings is 1. The highest BCUT2D eigenvalue weighted by atomic mass is 127. The highest BCUT2D eigenvalue weighted by molar-refractivity contribution is 14.0. The highest BCUT2D eigenvalue weighted by Gasteiger charge is 2.29. The van der Waals surface area contributed by atoms with Gasteiger partial charge >= 0.3 is 0 Å². The molecule has 22 heavy (non-hydrogen) atoms. The summed E-state index contributed by atoms with van der Waals surface area (Å²) in [6.07, 6.45) is 2.55. The van der Waals surface area contributed by atoms with Crippen LogP contribution < -0.4 is 10.6 Å². The van der Waals surface area contributed by atoms with Gasteiger partial charge in [0.2, 0.25) is 0 Å². The number of halogens is 2. The Morgan fingerprint density at radius 3 is 2.64 bits per heavy atom. The SMILES string of the molecule is CCNC(=NCc1ccc(F)cc1)NCC1(C)CCCS1.I. The van der Waals surface area contributed by atoms with Crippen LogP contribution in [-0.2, 0) is 6.54 Å². The van der Waals surface area contributed by atoms with Gasteiger partial charge in [0.15, 0.2) is 5.96 Å². The lowest BCUT2D eigenvalue weighted by Crippen LogP contribution is -2.43. The van der Waals surface area contributed by atoms with E-state index in [9.17, 15) is 4.39 Å². The molecule has 1 aliphatic heterocycles. The van der Waals surface area contributed by atoms with Gasteiger partial charge in [0.1, 0.15) is 5.82 Å². The second-order valence-corrected chi connectivity index (χ2v) is 7.26. The minimum atomic E-state index is -0.209. The Hall–Kier alpha value is -0.500. The van der Waals surface area contributed by atoms with Crippen LogP contribution in [-0.4, -0.2) is 29.5 Å². The van der Waals surface area contributed by atoms with Crippen LogP contribution >= 0.6 is 35.7 Å². The summed E-state index contributed by atoms with van der Waals surface area (Å²) in [4.78, 5) is 4.57. The third-order valence-corrected chi connectivity index (χ3v) is 5.15. The third kappa shape index (κ3) is 6.32. The fraction of sp³-hybridized carbons (Fsp3) is 0.562. The number of nitrogens with one attached hydrogen (secondary N) is 2. The van der Waals surface area contributed by atoms with E-state index in [0.717, 1.165) is 24.6 Å². The van der Waals surface area contributed by atoms with Gasteiger partial charge in [-0.2, -0.15) is 11.8 Å². The van der Waals surface area contributed by atoms with Crippen molar-refractivity contribution < 1.29 is 4.39 Å². The first-order valence-electron chi connectivity index (χ1n) is 7.52. The lowest BCUT2D eigenvalue weighted by molar-refractivity contribution is 0.584. The summed E-state index contributed by atoms with van der Waals surface area (Å²) in [6, 6.07) is 6.50. The Morgan fingerprint density at radius 1 is 1.32 bits per heavy atom. The van der Waals surface area contributed by atoms with E-state index in [2.05, 4.69) is 29.5 Å². The van der Waals surface area contributed by atoms with Crippen LogP contribution in [0.15, 0.2) is 29.3 Å². The van der Waals surface area contributed by atoms with Gasteiger partial charge in [0.25, 0.3) is 0 Å². The van der Waals surface area contributed by atoms with Crippen molar-refractivity contribution in [2.24, 2.45) is 4.99 Å². The molecule has 0 bridgehead atoms. The number of nitrogens with zero attached hydrogens (tertiary/aromatic N) is 1. The molecule has 1 fully saturated rings. The lowest BCUT2D eigenvalue weighted by atomic mass is 10.1. The molecule has 0 aromatic heterocycles. The molecule has 2 rings (SSSR count). The molecule has 6 heteroatoms. The van der Waals surface area contributed by atoms with Crippen molar-refractivity contribution in [1.82, 2.24) is 10.6 Å². The summed E-state index contributed by atoms with van der Waals surface area (Å²) < 4.78 is 13.2. The number of guanidine groups is 1. The van der Waals surface area contributed by atoms with E-state index in [-0.39, 0.29) is 29.8 Å². The molecule has 0 saturated carbocycles. The van der Waals surface area contributed by atoms with Crippen LogP contribution in [0.1, 0.15) is 32.3 Å². The molecule has 1 unspecified atom stereocenters. The summed E-state index contributed by atoms with van der Waals surface area (Å²) in [5, 5.41) is 6.69. The highest BCUT2D eigenvalue weighted by Crippen LogP contribution is 2.36. The van der Waals surface area contributed by atoms with Gasteiger partial charge in [-0.1, -0.05) is 12.1 Å². The molecule has 3 nitrogen and oxygen atoms in total. The molecule has 2 N–H and O–H groups in total. The standard InChI is InChI=1S/C16H24FN3S.HI/c1-3-18-15(20-12-16(2)9-4-10-21-16)19-11-13-5-7-14(17)8-6-13;/h5-8H,3-4,9-12H2,1-2H3,(H2,18,19,20);1H. The molecule has 0 spiro atoms. The predicted molar refractivity (Wildman–Crippen MR) is 105 cm³/mol. The van der Waals surface area contributed by atoms with Crippen LogP contribution in [0.2, 0.25) is 0 Å². The van der Waals surface area contributed by atoms with E-state index in [1.807, 2.05) is 11.8 Å². The zero-order valence-electron chi connectivity index (χ0n) is 13.2. The minimum Gasteiger partial charge on any atom is -0.357 e. The molecule has 0 amide bonds. The van der Waals surface area contributed by atoms with E-state index < -0.39 is 0 Å². The van der Waals surface area contributed by atoms with Crippen molar-refractivity contribution in [1.29, 1.82) is 0 Å².